The number of sulfonamides is 1. The van der Waals surface area contributed by atoms with Crippen LogP contribution in [0.2, 0.25) is 0 Å². The SMILES string of the molecule is CCn1c(SC(C)C(=O)N2CCN(S(=O)(=O)c3ccccc3)CC2)nnc1-c1ccccc1C. The van der Waals surface area contributed by atoms with Crippen LogP contribution in [0.5, 0.6) is 0 Å². The van der Waals surface area contributed by atoms with Crippen molar-refractivity contribution in [2.24, 2.45) is 0 Å². The standard InChI is InChI=1S/C24H29N5O3S2/c1-4-29-22(21-13-9-8-10-18(21)2)25-26-24(29)33-19(3)23(30)27-14-16-28(17-15-27)34(31,32)20-11-6-5-7-12-20/h5-13,19H,4,14-17H2,1-3H3. The molecular weight excluding hydrogens is 470 g/mol. The number of nitrogens with zero attached hydrogens (tertiary/aromatic N) is 5. The second-order valence-electron chi connectivity index (χ2n) is 8.17. The van der Waals surface area contributed by atoms with E-state index in [9.17, 15) is 13.2 Å². The Morgan fingerprint density at radius 3 is 2.29 bits per heavy atom. The molecule has 0 spiro atoms. The number of aryl methyl sites for hydroxylation is 1. The quantitative estimate of drug-likeness (QED) is 0.464. The van der Waals surface area contributed by atoms with E-state index < -0.39 is 10.0 Å². The molecule has 0 N–H and O–H groups in total. The lowest BCUT2D eigenvalue weighted by molar-refractivity contribution is -0.131. The van der Waals surface area contributed by atoms with E-state index in [1.54, 1.807) is 35.2 Å². The number of carbonyl (C=O) groups is 1. The smallest absolute Gasteiger partial charge is 0.243 e. The number of aromatic nitrogens is 3. The Morgan fingerprint density at radius 2 is 1.65 bits per heavy atom. The fourth-order valence-electron chi connectivity index (χ4n) is 4.04. The first-order valence-electron chi connectivity index (χ1n) is 11.3. The van der Waals surface area contributed by atoms with E-state index in [-0.39, 0.29) is 29.1 Å². The Labute approximate surface area is 205 Å². The molecule has 1 unspecified atom stereocenters. The lowest BCUT2D eigenvalue weighted by atomic mass is 10.1. The van der Waals surface area contributed by atoms with Gasteiger partial charge in [-0.3, -0.25) is 4.79 Å². The molecule has 0 radical (unpaired) electrons. The molecule has 3 aromatic rings. The van der Waals surface area contributed by atoms with Crippen LogP contribution in [-0.4, -0.2) is 69.7 Å². The zero-order valence-corrected chi connectivity index (χ0v) is 21.2. The van der Waals surface area contributed by atoms with Gasteiger partial charge in [0.1, 0.15) is 0 Å². The molecule has 1 saturated heterocycles. The number of amides is 1. The molecule has 1 aromatic heterocycles. The lowest BCUT2D eigenvalue weighted by Gasteiger charge is -2.35. The number of carbonyl (C=O) groups excluding carboxylic acids is 1. The van der Waals surface area contributed by atoms with Crippen LogP contribution < -0.4 is 0 Å². The number of benzene rings is 2. The van der Waals surface area contributed by atoms with Crippen molar-refractivity contribution in [3.8, 4) is 11.4 Å². The van der Waals surface area contributed by atoms with Gasteiger partial charge in [-0.05, 0) is 38.5 Å². The van der Waals surface area contributed by atoms with Crippen molar-refractivity contribution in [3.05, 3.63) is 60.2 Å². The zero-order valence-electron chi connectivity index (χ0n) is 19.6. The minimum absolute atomic E-state index is 0.0233. The van der Waals surface area contributed by atoms with Crippen molar-refractivity contribution in [1.82, 2.24) is 24.0 Å². The molecule has 1 atom stereocenters. The molecule has 8 nitrogen and oxygen atoms in total. The van der Waals surface area contributed by atoms with E-state index in [4.69, 9.17) is 0 Å². The Balaban J connectivity index is 1.41. The van der Waals surface area contributed by atoms with Crippen LogP contribution in [0.4, 0.5) is 0 Å². The maximum absolute atomic E-state index is 13.1. The van der Waals surface area contributed by atoms with Gasteiger partial charge in [0.15, 0.2) is 11.0 Å². The summed E-state index contributed by atoms with van der Waals surface area (Å²) in [6.45, 7) is 7.92. The average molecular weight is 500 g/mol. The van der Waals surface area contributed by atoms with E-state index in [0.29, 0.717) is 24.8 Å². The fourth-order valence-corrected chi connectivity index (χ4v) is 6.48. The molecular formula is C24H29N5O3S2. The van der Waals surface area contributed by atoms with Crippen LogP contribution in [0.3, 0.4) is 0 Å². The second-order valence-corrected chi connectivity index (χ2v) is 11.4. The predicted octanol–water partition coefficient (Wildman–Crippen LogP) is 3.29. The van der Waals surface area contributed by atoms with Crippen molar-refractivity contribution in [2.45, 2.75) is 42.6 Å². The fraction of sp³-hybridized carbons (Fsp3) is 0.375. The monoisotopic (exact) mass is 499 g/mol. The van der Waals surface area contributed by atoms with E-state index in [2.05, 4.69) is 10.2 Å². The van der Waals surface area contributed by atoms with Crippen LogP contribution in [-0.2, 0) is 21.4 Å². The molecule has 34 heavy (non-hydrogen) atoms. The van der Waals surface area contributed by atoms with Crippen LogP contribution in [0.15, 0.2) is 64.6 Å². The highest BCUT2D eigenvalue weighted by Crippen LogP contribution is 2.29. The lowest BCUT2D eigenvalue weighted by Crippen LogP contribution is -2.52. The van der Waals surface area contributed by atoms with Gasteiger partial charge in [-0.25, -0.2) is 8.42 Å². The van der Waals surface area contributed by atoms with Gasteiger partial charge in [0.2, 0.25) is 15.9 Å². The first kappa shape index (κ1) is 24.4. The molecule has 1 aliphatic rings. The molecule has 1 amide bonds. The summed E-state index contributed by atoms with van der Waals surface area (Å²) in [6, 6.07) is 16.5. The van der Waals surface area contributed by atoms with Crippen molar-refractivity contribution >= 4 is 27.7 Å². The Hall–Kier alpha value is -2.69. The molecule has 2 aromatic carbocycles. The summed E-state index contributed by atoms with van der Waals surface area (Å²) in [6.07, 6.45) is 0. The van der Waals surface area contributed by atoms with Crippen molar-refractivity contribution in [2.75, 3.05) is 26.2 Å². The third-order valence-electron chi connectivity index (χ3n) is 5.98. The molecule has 4 rings (SSSR count). The van der Waals surface area contributed by atoms with Gasteiger partial charge < -0.3 is 9.47 Å². The van der Waals surface area contributed by atoms with E-state index in [1.807, 2.05) is 49.6 Å². The molecule has 0 bridgehead atoms. The third-order valence-corrected chi connectivity index (χ3v) is 8.96. The van der Waals surface area contributed by atoms with Gasteiger partial charge in [0, 0.05) is 38.3 Å². The van der Waals surface area contributed by atoms with Crippen LogP contribution in [0, 0.1) is 6.92 Å². The summed E-state index contributed by atoms with van der Waals surface area (Å²) in [5.41, 5.74) is 2.15. The summed E-state index contributed by atoms with van der Waals surface area (Å²) in [4.78, 5) is 15.2. The minimum atomic E-state index is -3.55. The van der Waals surface area contributed by atoms with Crippen LogP contribution in [0.1, 0.15) is 19.4 Å². The summed E-state index contributed by atoms with van der Waals surface area (Å²) in [5.74, 6) is 0.771. The largest absolute Gasteiger partial charge is 0.339 e. The molecule has 1 aliphatic heterocycles. The topological polar surface area (TPSA) is 88.4 Å². The third kappa shape index (κ3) is 4.89. The first-order chi connectivity index (χ1) is 16.3. The van der Waals surface area contributed by atoms with Crippen LogP contribution >= 0.6 is 11.8 Å². The number of hydrogen-bond donors (Lipinski definition) is 0. The molecule has 0 aliphatic carbocycles. The summed E-state index contributed by atoms with van der Waals surface area (Å²) < 4.78 is 29.2. The van der Waals surface area contributed by atoms with Gasteiger partial charge in [-0.2, -0.15) is 4.31 Å². The average Bonchev–Trinajstić information content (AvgIpc) is 3.26. The molecule has 2 heterocycles. The Bertz CT molecular complexity index is 1250. The highest BCUT2D eigenvalue weighted by Gasteiger charge is 2.32. The number of rotatable bonds is 7. The molecule has 10 heteroatoms. The molecule has 180 valence electrons. The Kier molecular flexibility index (Phi) is 7.39. The highest BCUT2D eigenvalue weighted by atomic mass is 32.2. The van der Waals surface area contributed by atoms with Gasteiger partial charge >= 0.3 is 0 Å². The molecule has 1 fully saturated rings. The zero-order chi connectivity index (χ0) is 24.3. The maximum atomic E-state index is 13.1. The number of piperazine rings is 1. The van der Waals surface area contributed by atoms with Gasteiger partial charge in [0.05, 0.1) is 10.1 Å². The van der Waals surface area contributed by atoms with E-state index >= 15 is 0 Å². The molecule has 0 saturated carbocycles. The predicted molar refractivity (Wildman–Crippen MR) is 133 cm³/mol. The summed E-state index contributed by atoms with van der Waals surface area (Å²) >= 11 is 1.39. The normalized spacial score (nSPS) is 15.9. The van der Waals surface area contributed by atoms with Gasteiger partial charge in [0.25, 0.3) is 0 Å². The summed E-state index contributed by atoms with van der Waals surface area (Å²) in [5, 5.41) is 9.11. The van der Waals surface area contributed by atoms with Gasteiger partial charge in [-0.15, -0.1) is 10.2 Å². The highest BCUT2D eigenvalue weighted by molar-refractivity contribution is 8.00. The number of hydrogen-bond acceptors (Lipinski definition) is 6. The minimum Gasteiger partial charge on any atom is -0.339 e. The van der Waals surface area contributed by atoms with Crippen molar-refractivity contribution in [3.63, 3.8) is 0 Å². The summed E-state index contributed by atoms with van der Waals surface area (Å²) in [7, 11) is -3.55. The van der Waals surface area contributed by atoms with Crippen molar-refractivity contribution < 1.29 is 13.2 Å². The Morgan fingerprint density at radius 1 is 1.00 bits per heavy atom. The maximum Gasteiger partial charge on any atom is 0.243 e. The van der Waals surface area contributed by atoms with Crippen LogP contribution in [0.25, 0.3) is 11.4 Å². The first-order valence-corrected chi connectivity index (χ1v) is 13.6. The van der Waals surface area contributed by atoms with Crippen molar-refractivity contribution in [1.29, 1.82) is 0 Å². The van der Waals surface area contributed by atoms with E-state index in [0.717, 1.165) is 17.0 Å². The second kappa shape index (κ2) is 10.3. The number of thioether (sulfide) groups is 1. The van der Waals surface area contributed by atoms with Gasteiger partial charge in [-0.1, -0.05) is 54.2 Å². The van der Waals surface area contributed by atoms with E-state index in [1.165, 1.54) is 16.1 Å².